The number of carbonyl (C=O) groups is 1. The molecule has 0 saturated carbocycles. The molecule has 4 rings (SSSR count). The molecular formula is C23H23F2N3O3. The molecule has 31 heavy (non-hydrogen) atoms. The van der Waals surface area contributed by atoms with Crippen molar-refractivity contribution < 1.29 is 22.8 Å². The molecule has 3 aromatic rings. The maximum atomic E-state index is 12.6. The fourth-order valence-corrected chi connectivity index (χ4v) is 3.70. The minimum absolute atomic E-state index is 0.0590. The lowest BCUT2D eigenvalue weighted by Crippen LogP contribution is -2.25. The van der Waals surface area contributed by atoms with Crippen LogP contribution in [0.15, 0.2) is 53.1 Å². The summed E-state index contributed by atoms with van der Waals surface area (Å²) in [5.74, 6) is -0.879. The lowest BCUT2D eigenvalue weighted by Gasteiger charge is -2.25. The van der Waals surface area contributed by atoms with E-state index in [9.17, 15) is 13.6 Å². The number of carbonyl (C=O) groups excluding carboxylic acids is 1. The van der Waals surface area contributed by atoms with Crippen molar-refractivity contribution in [2.45, 2.75) is 38.2 Å². The number of aryl methyl sites for hydroxylation is 1. The minimum atomic E-state index is -2.82. The van der Waals surface area contributed by atoms with Gasteiger partial charge < -0.3 is 14.6 Å². The summed E-state index contributed by atoms with van der Waals surface area (Å²) < 4.78 is 35.7. The molecule has 2 aromatic carbocycles. The van der Waals surface area contributed by atoms with Gasteiger partial charge in [0.05, 0.1) is 6.10 Å². The summed E-state index contributed by atoms with van der Waals surface area (Å²) >= 11 is 0. The van der Waals surface area contributed by atoms with E-state index in [0.29, 0.717) is 30.7 Å². The molecule has 0 aliphatic heterocycles. The molecule has 162 valence electrons. The number of hydrogen-bond donors (Lipinski definition) is 1. The Kier molecular flexibility index (Phi) is 6.66. The van der Waals surface area contributed by atoms with Gasteiger partial charge in [-0.2, -0.15) is 13.8 Å². The van der Waals surface area contributed by atoms with E-state index in [1.807, 2.05) is 6.07 Å². The van der Waals surface area contributed by atoms with Gasteiger partial charge in [0.2, 0.25) is 5.82 Å². The highest BCUT2D eigenvalue weighted by atomic mass is 19.3. The monoisotopic (exact) mass is 427 g/mol. The Balaban J connectivity index is 1.22. The topological polar surface area (TPSA) is 77.2 Å². The largest absolute Gasteiger partial charge is 0.373 e. The average Bonchev–Trinajstić information content (AvgIpc) is 3.30. The molecule has 0 unspecified atom stereocenters. The fourth-order valence-electron chi connectivity index (χ4n) is 3.70. The van der Waals surface area contributed by atoms with Crippen molar-refractivity contribution in [2.24, 2.45) is 0 Å². The molecule has 1 amide bonds. The van der Waals surface area contributed by atoms with Gasteiger partial charge in [-0.15, -0.1) is 0 Å². The summed E-state index contributed by atoms with van der Waals surface area (Å²) in [6, 6.07) is 14.8. The van der Waals surface area contributed by atoms with Crippen molar-refractivity contribution in [1.82, 2.24) is 15.5 Å². The van der Waals surface area contributed by atoms with E-state index in [1.165, 1.54) is 11.1 Å². The highest BCUT2D eigenvalue weighted by Gasteiger charge is 2.20. The highest BCUT2D eigenvalue weighted by molar-refractivity contribution is 5.94. The van der Waals surface area contributed by atoms with Gasteiger partial charge in [-0.3, -0.25) is 4.79 Å². The second kappa shape index (κ2) is 9.78. The van der Waals surface area contributed by atoms with Crippen molar-refractivity contribution in [2.75, 3.05) is 13.2 Å². The molecule has 1 atom stereocenters. The summed E-state index contributed by atoms with van der Waals surface area (Å²) in [7, 11) is 0. The Morgan fingerprint density at radius 1 is 1.19 bits per heavy atom. The predicted octanol–water partition coefficient (Wildman–Crippen LogP) is 4.89. The average molecular weight is 427 g/mol. The minimum Gasteiger partial charge on any atom is -0.373 e. The van der Waals surface area contributed by atoms with Gasteiger partial charge in [0.15, 0.2) is 0 Å². The van der Waals surface area contributed by atoms with E-state index >= 15 is 0 Å². The van der Waals surface area contributed by atoms with Crippen LogP contribution in [0, 0.1) is 0 Å². The smallest absolute Gasteiger partial charge is 0.315 e. The van der Waals surface area contributed by atoms with Crippen LogP contribution >= 0.6 is 0 Å². The standard InChI is InChI=1S/C23H23F2N3O3/c24-20(25)23-27-21(28-31-23)16-9-11-17(12-10-16)22(29)26-13-4-14-30-19-8-3-6-15-5-1-2-7-18(15)19/h1-2,5,7,9-12,19-20H,3-4,6,8,13-14H2,(H,26,29)/t19-/m1/s1. The predicted molar refractivity (Wildman–Crippen MR) is 110 cm³/mol. The number of ether oxygens (including phenoxy) is 1. The van der Waals surface area contributed by atoms with Gasteiger partial charge >= 0.3 is 6.43 Å². The zero-order valence-corrected chi connectivity index (χ0v) is 16.9. The van der Waals surface area contributed by atoms with Crippen LogP contribution in [0.1, 0.15) is 59.2 Å². The van der Waals surface area contributed by atoms with Gasteiger partial charge in [-0.05, 0) is 48.9 Å². The maximum absolute atomic E-state index is 12.6. The van der Waals surface area contributed by atoms with E-state index < -0.39 is 12.3 Å². The number of benzene rings is 2. The third kappa shape index (κ3) is 5.14. The van der Waals surface area contributed by atoms with Gasteiger partial charge in [0.1, 0.15) is 0 Å². The quantitative estimate of drug-likeness (QED) is 0.518. The van der Waals surface area contributed by atoms with E-state index in [-0.39, 0.29) is 17.8 Å². The first kappa shape index (κ1) is 21.1. The van der Waals surface area contributed by atoms with Crippen LogP contribution in [0.25, 0.3) is 11.4 Å². The van der Waals surface area contributed by atoms with E-state index in [4.69, 9.17) is 4.74 Å². The first-order chi connectivity index (χ1) is 15.1. The van der Waals surface area contributed by atoms with Crippen molar-refractivity contribution in [3.63, 3.8) is 0 Å². The fraction of sp³-hybridized carbons (Fsp3) is 0.348. The molecule has 6 nitrogen and oxygen atoms in total. The Morgan fingerprint density at radius 3 is 2.77 bits per heavy atom. The first-order valence-electron chi connectivity index (χ1n) is 10.3. The van der Waals surface area contributed by atoms with Gasteiger partial charge in [-0.25, -0.2) is 0 Å². The number of fused-ring (bicyclic) bond motifs is 1. The molecule has 0 radical (unpaired) electrons. The number of nitrogens with zero attached hydrogens (tertiary/aromatic N) is 2. The molecule has 1 aliphatic rings. The van der Waals surface area contributed by atoms with E-state index in [0.717, 1.165) is 19.3 Å². The van der Waals surface area contributed by atoms with Crippen LogP contribution in [0.3, 0.4) is 0 Å². The van der Waals surface area contributed by atoms with Crippen LogP contribution in [0.2, 0.25) is 0 Å². The molecule has 0 saturated heterocycles. The summed E-state index contributed by atoms with van der Waals surface area (Å²) in [5.41, 5.74) is 3.60. The lowest BCUT2D eigenvalue weighted by molar-refractivity contribution is 0.0393. The number of amides is 1. The van der Waals surface area contributed by atoms with Crippen LogP contribution in [0.4, 0.5) is 8.78 Å². The molecule has 1 heterocycles. The third-order valence-corrected chi connectivity index (χ3v) is 5.27. The van der Waals surface area contributed by atoms with Gasteiger partial charge in [-0.1, -0.05) is 41.6 Å². The van der Waals surface area contributed by atoms with Gasteiger partial charge in [0.25, 0.3) is 11.8 Å². The molecule has 1 aromatic heterocycles. The maximum Gasteiger partial charge on any atom is 0.315 e. The van der Waals surface area contributed by atoms with Crippen molar-refractivity contribution in [3.05, 3.63) is 71.1 Å². The molecule has 0 bridgehead atoms. The van der Waals surface area contributed by atoms with Crippen molar-refractivity contribution in [1.29, 1.82) is 0 Å². The molecule has 8 heteroatoms. The van der Waals surface area contributed by atoms with Gasteiger partial charge in [0, 0.05) is 24.3 Å². The number of rotatable bonds is 8. The summed E-state index contributed by atoms with van der Waals surface area (Å²) in [4.78, 5) is 15.9. The Labute approximate surface area is 178 Å². The zero-order chi connectivity index (χ0) is 21.6. The molecular weight excluding hydrogens is 404 g/mol. The number of hydrogen-bond acceptors (Lipinski definition) is 5. The zero-order valence-electron chi connectivity index (χ0n) is 16.9. The van der Waals surface area contributed by atoms with E-state index in [1.54, 1.807) is 24.3 Å². The van der Waals surface area contributed by atoms with Crippen LogP contribution < -0.4 is 5.32 Å². The second-order valence-electron chi connectivity index (χ2n) is 7.39. The number of nitrogens with one attached hydrogen (secondary N) is 1. The molecule has 1 N–H and O–H groups in total. The first-order valence-corrected chi connectivity index (χ1v) is 10.3. The Morgan fingerprint density at radius 2 is 2.00 bits per heavy atom. The third-order valence-electron chi connectivity index (χ3n) is 5.27. The Bertz CT molecular complexity index is 1020. The van der Waals surface area contributed by atoms with Crippen LogP contribution in [-0.2, 0) is 11.2 Å². The number of alkyl halides is 2. The normalized spacial score (nSPS) is 15.6. The van der Waals surface area contributed by atoms with Crippen molar-refractivity contribution >= 4 is 5.91 Å². The lowest BCUT2D eigenvalue weighted by atomic mass is 9.89. The highest BCUT2D eigenvalue weighted by Crippen LogP contribution is 2.32. The van der Waals surface area contributed by atoms with Crippen molar-refractivity contribution in [3.8, 4) is 11.4 Å². The van der Waals surface area contributed by atoms with E-state index in [2.05, 4.69) is 38.2 Å². The molecule has 0 spiro atoms. The number of halogens is 2. The number of aromatic nitrogens is 2. The van der Waals surface area contributed by atoms with Crippen LogP contribution in [-0.4, -0.2) is 29.2 Å². The van der Waals surface area contributed by atoms with Crippen LogP contribution in [0.5, 0.6) is 0 Å². The molecule has 1 aliphatic carbocycles. The SMILES string of the molecule is O=C(NCCCO[C@@H]1CCCc2ccccc21)c1ccc(-c2noc(C(F)F)n2)cc1. The molecule has 0 fully saturated rings. The summed E-state index contributed by atoms with van der Waals surface area (Å²) in [5, 5.41) is 6.39. The summed E-state index contributed by atoms with van der Waals surface area (Å²) in [6.45, 7) is 1.07. The Hall–Kier alpha value is -3.13. The second-order valence-corrected chi connectivity index (χ2v) is 7.39. The summed E-state index contributed by atoms with van der Waals surface area (Å²) in [6.07, 6.45) is 1.27.